The number of carbonyl (C=O) groups is 1. The molecule has 180 valence electrons. The van der Waals surface area contributed by atoms with Crippen LogP contribution in [0.15, 0.2) is 12.2 Å². The molecule has 2 aliphatic heterocycles. The van der Waals surface area contributed by atoms with Gasteiger partial charge in [0.25, 0.3) is 0 Å². The van der Waals surface area contributed by atoms with Crippen LogP contribution in [-0.4, -0.2) is 54.1 Å². The predicted octanol–water partition coefficient (Wildman–Crippen LogP) is 5.25. The second-order valence-electron chi connectivity index (χ2n) is 12.0. The Labute approximate surface area is 193 Å². The van der Waals surface area contributed by atoms with E-state index in [1.54, 1.807) is 0 Å². The van der Waals surface area contributed by atoms with Gasteiger partial charge >= 0.3 is 5.97 Å². The number of hydrogen-bond donors (Lipinski definition) is 1. The quantitative estimate of drug-likeness (QED) is 0.586. The Morgan fingerprint density at radius 1 is 1.12 bits per heavy atom. The maximum absolute atomic E-state index is 11.7. The molecule has 32 heavy (non-hydrogen) atoms. The lowest BCUT2D eigenvalue weighted by molar-refractivity contribution is -0.316. The third-order valence-corrected chi connectivity index (χ3v) is 10.3. The van der Waals surface area contributed by atoms with Crippen LogP contribution in [0.1, 0.15) is 84.5 Å². The standard InChI is InChI=1S/C27H43NO4/c1-18-10-11-22-26(2,20(18)13-16-28-15-6-9-21(28)24(29)30)14-12-23-27(22,3)17-31-25(32-23)19-7-4-5-8-19/h19-23,25H,1,4-17H2,2-3H3,(H,29,30)/t20-,21+,22?,23-,25-,26+,27+/m1/s1. The Kier molecular flexibility index (Phi) is 6.22. The molecule has 5 fully saturated rings. The second kappa shape index (κ2) is 8.70. The van der Waals surface area contributed by atoms with E-state index < -0.39 is 5.97 Å². The fourth-order valence-electron chi connectivity index (χ4n) is 8.53. The molecule has 5 aliphatic rings. The van der Waals surface area contributed by atoms with Crippen LogP contribution in [0.5, 0.6) is 0 Å². The minimum Gasteiger partial charge on any atom is -0.480 e. The lowest BCUT2D eigenvalue weighted by Gasteiger charge is -2.63. The molecule has 0 amide bonds. The van der Waals surface area contributed by atoms with Crippen LogP contribution in [0.4, 0.5) is 0 Å². The molecule has 7 atom stereocenters. The normalized spacial score (nSPS) is 45.6. The SMILES string of the molecule is C=C1CCC2[C@]3(C)CO[C@@H](C4CCCC4)O[C@@H]3CC[C@@]2(C)[C@@H]1CCN1CCC[C@H]1C(=O)O. The predicted molar refractivity (Wildman–Crippen MR) is 124 cm³/mol. The summed E-state index contributed by atoms with van der Waals surface area (Å²) in [5, 5.41) is 9.59. The van der Waals surface area contributed by atoms with Crippen molar-refractivity contribution in [3.63, 3.8) is 0 Å². The zero-order valence-corrected chi connectivity index (χ0v) is 20.2. The van der Waals surface area contributed by atoms with Crippen LogP contribution in [0.2, 0.25) is 0 Å². The highest BCUT2D eigenvalue weighted by atomic mass is 16.7. The molecular weight excluding hydrogens is 402 g/mol. The number of nitrogens with zero attached hydrogens (tertiary/aromatic N) is 1. The first kappa shape index (κ1) is 22.9. The lowest BCUT2D eigenvalue weighted by Crippen LogP contribution is -2.62. The van der Waals surface area contributed by atoms with E-state index in [0.717, 1.165) is 51.8 Å². The fraction of sp³-hybridized carbons (Fsp3) is 0.889. The number of allylic oxidation sites excluding steroid dienone is 1. The van der Waals surface area contributed by atoms with Crippen molar-refractivity contribution in [2.45, 2.75) is 103 Å². The third kappa shape index (κ3) is 3.76. The largest absolute Gasteiger partial charge is 0.480 e. The van der Waals surface area contributed by atoms with Crippen LogP contribution in [0.3, 0.4) is 0 Å². The van der Waals surface area contributed by atoms with Gasteiger partial charge in [-0.25, -0.2) is 0 Å². The number of fused-ring (bicyclic) bond motifs is 3. The first-order chi connectivity index (χ1) is 15.3. The number of carboxylic acid groups (broad SMARTS) is 1. The molecule has 1 N–H and O–H groups in total. The summed E-state index contributed by atoms with van der Waals surface area (Å²) in [4.78, 5) is 13.9. The van der Waals surface area contributed by atoms with Crippen LogP contribution in [-0.2, 0) is 14.3 Å². The van der Waals surface area contributed by atoms with Gasteiger partial charge in [0.15, 0.2) is 6.29 Å². The number of rotatable bonds is 5. The molecule has 2 heterocycles. The molecule has 0 spiro atoms. The molecular formula is C27H43NO4. The zero-order chi connectivity index (χ0) is 22.5. The Bertz CT molecular complexity index is 733. The maximum atomic E-state index is 11.7. The Balaban J connectivity index is 1.30. The van der Waals surface area contributed by atoms with E-state index in [1.807, 2.05) is 0 Å². The van der Waals surface area contributed by atoms with Gasteiger partial charge in [-0.2, -0.15) is 0 Å². The van der Waals surface area contributed by atoms with Crippen molar-refractivity contribution in [3.05, 3.63) is 12.2 Å². The summed E-state index contributed by atoms with van der Waals surface area (Å²) in [6, 6.07) is -0.295. The van der Waals surface area contributed by atoms with Crippen molar-refractivity contribution >= 4 is 5.97 Å². The Morgan fingerprint density at radius 2 is 1.91 bits per heavy atom. The van der Waals surface area contributed by atoms with Crippen molar-refractivity contribution in [3.8, 4) is 0 Å². The van der Waals surface area contributed by atoms with Crippen LogP contribution in [0.25, 0.3) is 0 Å². The molecule has 0 aromatic carbocycles. The third-order valence-electron chi connectivity index (χ3n) is 10.3. The highest BCUT2D eigenvalue weighted by Crippen LogP contribution is 2.63. The summed E-state index contributed by atoms with van der Waals surface area (Å²) in [6.45, 7) is 12.1. The van der Waals surface area contributed by atoms with E-state index in [9.17, 15) is 9.90 Å². The van der Waals surface area contributed by atoms with E-state index in [-0.39, 0.29) is 23.2 Å². The van der Waals surface area contributed by atoms with Crippen molar-refractivity contribution < 1.29 is 19.4 Å². The van der Waals surface area contributed by atoms with E-state index in [2.05, 4.69) is 25.3 Å². The van der Waals surface area contributed by atoms with Crippen molar-refractivity contribution in [2.75, 3.05) is 19.7 Å². The van der Waals surface area contributed by atoms with Gasteiger partial charge in [0.05, 0.1) is 12.7 Å². The van der Waals surface area contributed by atoms with Crippen molar-refractivity contribution in [1.82, 2.24) is 4.90 Å². The van der Waals surface area contributed by atoms with Gasteiger partial charge in [-0.3, -0.25) is 9.69 Å². The Morgan fingerprint density at radius 3 is 2.66 bits per heavy atom. The molecule has 0 aromatic heterocycles. The molecule has 5 nitrogen and oxygen atoms in total. The summed E-state index contributed by atoms with van der Waals surface area (Å²) < 4.78 is 13.2. The first-order valence-corrected chi connectivity index (χ1v) is 13.2. The summed E-state index contributed by atoms with van der Waals surface area (Å²) in [5.41, 5.74) is 1.66. The van der Waals surface area contributed by atoms with E-state index >= 15 is 0 Å². The van der Waals surface area contributed by atoms with Gasteiger partial charge in [-0.05, 0) is 88.1 Å². The number of hydrogen-bond acceptors (Lipinski definition) is 4. The zero-order valence-electron chi connectivity index (χ0n) is 20.2. The van der Waals surface area contributed by atoms with Crippen LogP contribution < -0.4 is 0 Å². The number of carboxylic acids is 1. The van der Waals surface area contributed by atoms with Gasteiger partial charge in [-0.1, -0.05) is 38.8 Å². The average Bonchev–Trinajstić information content (AvgIpc) is 3.45. The summed E-state index contributed by atoms with van der Waals surface area (Å²) in [6.07, 6.45) is 12.8. The van der Waals surface area contributed by atoms with E-state index in [4.69, 9.17) is 9.47 Å². The lowest BCUT2D eigenvalue weighted by atomic mass is 9.46. The fourth-order valence-corrected chi connectivity index (χ4v) is 8.53. The Hall–Kier alpha value is -0.910. The van der Waals surface area contributed by atoms with E-state index in [1.165, 1.54) is 44.1 Å². The molecule has 0 radical (unpaired) electrons. The van der Waals surface area contributed by atoms with Gasteiger partial charge in [0.1, 0.15) is 6.04 Å². The van der Waals surface area contributed by atoms with Crippen LogP contribution >= 0.6 is 0 Å². The maximum Gasteiger partial charge on any atom is 0.320 e. The minimum absolute atomic E-state index is 0.0115. The van der Waals surface area contributed by atoms with Crippen molar-refractivity contribution in [2.24, 2.45) is 28.6 Å². The molecule has 5 rings (SSSR count). The van der Waals surface area contributed by atoms with Gasteiger partial charge < -0.3 is 14.6 Å². The van der Waals surface area contributed by atoms with E-state index in [0.29, 0.717) is 23.9 Å². The van der Waals surface area contributed by atoms with Gasteiger partial charge in [-0.15, -0.1) is 0 Å². The highest BCUT2D eigenvalue weighted by molar-refractivity contribution is 5.73. The van der Waals surface area contributed by atoms with Gasteiger partial charge in [0.2, 0.25) is 0 Å². The molecule has 3 saturated carbocycles. The summed E-state index contributed by atoms with van der Waals surface area (Å²) in [5.74, 6) is 0.967. The molecule has 0 aromatic rings. The summed E-state index contributed by atoms with van der Waals surface area (Å²) in [7, 11) is 0. The summed E-state index contributed by atoms with van der Waals surface area (Å²) >= 11 is 0. The minimum atomic E-state index is -0.657. The van der Waals surface area contributed by atoms with Gasteiger partial charge in [0, 0.05) is 11.3 Å². The molecule has 0 bridgehead atoms. The first-order valence-electron chi connectivity index (χ1n) is 13.2. The molecule has 1 unspecified atom stereocenters. The molecule has 5 heteroatoms. The highest BCUT2D eigenvalue weighted by Gasteiger charge is 2.60. The monoisotopic (exact) mass is 445 g/mol. The second-order valence-corrected chi connectivity index (χ2v) is 12.0. The molecule has 3 aliphatic carbocycles. The average molecular weight is 446 g/mol. The number of likely N-dealkylation sites (tertiary alicyclic amines) is 1. The topological polar surface area (TPSA) is 59.0 Å². The van der Waals surface area contributed by atoms with Crippen molar-refractivity contribution in [1.29, 1.82) is 0 Å². The number of ether oxygens (including phenoxy) is 2. The number of aliphatic carboxylic acids is 1. The smallest absolute Gasteiger partial charge is 0.320 e. The van der Waals surface area contributed by atoms with Crippen LogP contribution in [0, 0.1) is 28.6 Å². The molecule has 2 saturated heterocycles.